The second-order valence-electron chi connectivity index (χ2n) is 3.91. The lowest BCUT2D eigenvalue weighted by Gasteiger charge is -2.24. The summed E-state index contributed by atoms with van der Waals surface area (Å²) in [4.78, 5) is 18.1. The molecule has 1 saturated heterocycles. The molecule has 1 saturated carbocycles. The van der Waals surface area contributed by atoms with Gasteiger partial charge in [-0.1, -0.05) is 11.8 Å². The normalized spacial score (nSPS) is 33.2. The van der Waals surface area contributed by atoms with Gasteiger partial charge in [0.05, 0.1) is 6.04 Å². The molecule has 2 heterocycles. The van der Waals surface area contributed by atoms with Crippen LogP contribution in [0.3, 0.4) is 0 Å². The van der Waals surface area contributed by atoms with Gasteiger partial charge in [0.1, 0.15) is 0 Å². The maximum atomic E-state index is 11.7. The molecule has 0 bridgehead atoms. The van der Waals surface area contributed by atoms with E-state index in [-0.39, 0.29) is 0 Å². The fraction of sp³-hybridized carbons (Fsp3) is 0.778. The van der Waals surface area contributed by atoms with Crippen molar-refractivity contribution < 1.29 is 4.79 Å². The van der Waals surface area contributed by atoms with E-state index in [1.165, 1.54) is 12.8 Å². The molecule has 1 amide bonds. The highest BCUT2D eigenvalue weighted by atomic mass is 32.2. The van der Waals surface area contributed by atoms with Gasteiger partial charge in [-0.3, -0.25) is 14.7 Å². The van der Waals surface area contributed by atoms with Gasteiger partial charge in [-0.05, 0) is 18.8 Å². The first kappa shape index (κ1) is 7.85. The van der Waals surface area contributed by atoms with E-state index in [9.17, 15) is 4.79 Å². The van der Waals surface area contributed by atoms with Crippen molar-refractivity contribution in [2.45, 2.75) is 25.3 Å². The largest absolute Gasteiger partial charge is 0.291 e. The number of carbonyl (C=O) groups excluding carboxylic acids is 1. The number of amides is 1. The number of fused-ring (bicyclic) bond motifs is 1. The summed E-state index contributed by atoms with van der Waals surface area (Å²) in [5.74, 6) is 2.05. The average molecular weight is 196 g/mol. The Hall–Kier alpha value is -0.510. The van der Waals surface area contributed by atoms with Crippen molar-refractivity contribution in [3.63, 3.8) is 0 Å². The van der Waals surface area contributed by atoms with Crippen LogP contribution in [0.4, 0.5) is 0 Å². The summed E-state index contributed by atoms with van der Waals surface area (Å²) < 4.78 is 0. The lowest BCUT2D eigenvalue weighted by atomic mass is 10.1. The van der Waals surface area contributed by atoms with Gasteiger partial charge in [0.25, 0.3) is 0 Å². The summed E-state index contributed by atoms with van der Waals surface area (Å²) in [7, 11) is 0. The zero-order valence-electron chi connectivity index (χ0n) is 7.40. The van der Waals surface area contributed by atoms with Crippen LogP contribution >= 0.6 is 11.8 Å². The maximum Gasteiger partial charge on any atom is 0.230 e. The van der Waals surface area contributed by atoms with Crippen LogP contribution in [0.15, 0.2) is 4.99 Å². The second kappa shape index (κ2) is 2.74. The van der Waals surface area contributed by atoms with Crippen LogP contribution in [0.25, 0.3) is 0 Å². The summed E-state index contributed by atoms with van der Waals surface area (Å²) in [5, 5.41) is 0.994. The van der Waals surface area contributed by atoms with E-state index in [0.717, 1.165) is 23.4 Å². The van der Waals surface area contributed by atoms with Crippen LogP contribution in [-0.4, -0.2) is 34.3 Å². The summed E-state index contributed by atoms with van der Waals surface area (Å²) in [5.41, 5.74) is 0. The van der Waals surface area contributed by atoms with Crippen molar-refractivity contribution in [2.75, 3.05) is 12.3 Å². The van der Waals surface area contributed by atoms with Gasteiger partial charge in [-0.2, -0.15) is 0 Å². The van der Waals surface area contributed by atoms with Crippen molar-refractivity contribution >= 4 is 22.8 Å². The Balaban J connectivity index is 1.87. The summed E-state index contributed by atoms with van der Waals surface area (Å²) in [6.07, 6.45) is 3.22. The third-order valence-electron chi connectivity index (χ3n) is 2.90. The molecule has 0 aromatic carbocycles. The van der Waals surface area contributed by atoms with Crippen LogP contribution in [0.5, 0.6) is 0 Å². The van der Waals surface area contributed by atoms with Crippen molar-refractivity contribution in [2.24, 2.45) is 10.9 Å². The van der Waals surface area contributed by atoms with E-state index in [1.54, 1.807) is 11.8 Å². The third-order valence-corrected chi connectivity index (χ3v) is 3.87. The molecule has 4 heteroatoms. The number of thioether (sulfide) groups is 1. The van der Waals surface area contributed by atoms with Crippen molar-refractivity contribution in [3.05, 3.63) is 0 Å². The zero-order valence-corrected chi connectivity index (χ0v) is 8.22. The summed E-state index contributed by atoms with van der Waals surface area (Å²) >= 11 is 1.73. The molecular formula is C9H12N2OS. The quantitative estimate of drug-likeness (QED) is 0.629. The van der Waals surface area contributed by atoms with Gasteiger partial charge in [-0.15, -0.1) is 0 Å². The molecule has 1 atom stereocenters. The average Bonchev–Trinajstić information content (AvgIpc) is 2.85. The van der Waals surface area contributed by atoms with Gasteiger partial charge in [0.15, 0.2) is 5.17 Å². The Morgan fingerprint density at radius 2 is 2.31 bits per heavy atom. The smallest absolute Gasteiger partial charge is 0.230 e. The third kappa shape index (κ3) is 1.27. The Morgan fingerprint density at radius 1 is 1.46 bits per heavy atom. The number of aliphatic imine (C=N–C) groups is 1. The number of rotatable bonds is 1. The van der Waals surface area contributed by atoms with Gasteiger partial charge in [0.2, 0.25) is 5.91 Å². The lowest BCUT2D eigenvalue weighted by molar-refractivity contribution is -0.128. The topological polar surface area (TPSA) is 32.7 Å². The van der Waals surface area contributed by atoms with Crippen LogP contribution < -0.4 is 0 Å². The van der Waals surface area contributed by atoms with E-state index < -0.39 is 0 Å². The molecule has 3 rings (SSSR count). The number of hydrogen-bond acceptors (Lipinski definition) is 3. The maximum absolute atomic E-state index is 11.7. The molecule has 0 aromatic rings. The minimum atomic E-state index is 0.298. The fourth-order valence-electron chi connectivity index (χ4n) is 1.97. The number of nitrogens with zero attached hydrogens (tertiary/aromatic N) is 2. The molecule has 3 aliphatic rings. The molecule has 0 aromatic heterocycles. The predicted molar refractivity (Wildman–Crippen MR) is 52.7 cm³/mol. The first-order chi connectivity index (χ1) is 6.34. The molecular weight excluding hydrogens is 184 g/mol. The molecule has 0 N–H and O–H groups in total. The monoisotopic (exact) mass is 196 g/mol. The Bertz CT molecular complexity index is 285. The number of hydrogen-bond donors (Lipinski definition) is 0. The molecule has 70 valence electrons. The van der Waals surface area contributed by atoms with Gasteiger partial charge >= 0.3 is 0 Å². The predicted octanol–water partition coefficient (Wildman–Crippen LogP) is 1.10. The SMILES string of the molecule is O=C1CC(C2CC2)N=C2SCCN12. The van der Waals surface area contributed by atoms with Gasteiger partial charge in [0, 0.05) is 18.7 Å². The number of carbonyl (C=O) groups is 1. The summed E-state index contributed by atoms with van der Waals surface area (Å²) in [6.45, 7) is 0.875. The highest BCUT2D eigenvalue weighted by Gasteiger charge is 2.39. The van der Waals surface area contributed by atoms with Gasteiger partial charge < -0.3 is 0 Å². The van der Waals surface area contributed by atoms with Crippen molar-refractivity contribution in [1.29, 1.82) is 0 Å². The number of amidine groups is 1. The van der Waals surface area contributed by atoms with Crippen LogP contribution in [0.2, 0.25) is 0 Å². The molecule has 0 spiro atoms. The van der Waals surface area contributed by atoms with Crippen LogP contribution in [0.1, 0.15) is 19.3 Å². The standard InChI is InChI=1S/C9H12N2OS/c12-8-5-7(6-1-2-6)10-9-11(8)3-4-13-9/h6-7H,1-5H2. The van der Waals surface area contributed by atoms with Crippen LogP contribution in [-0.2, 0) is 4.79 Å². The second-order valence-corrected chi connectivity index (χ2v) is 4.98. The van der Waals surface area contributed by atoms with E-state index in [1.807, 2.05) is 4.90 Å². The first-order valence-electron chi connectivity index (χ1n) is 4.85. The van der Waals surface area contributed by atoms with Gasteiger partial charge in [-0.25, -0.2) is 0 Å². The van der Waals surface area contributed by atoms with Crippen molar-refractivity contribution in [3.8, 4) is 0 Å². The Morgan fingerprint density at radius 3 is 3.08 bits per heavy atom. The highest BCUT2D eigenvalue weighted by molar-refractivity contribution is 8.14. The van der Waals surface area contributed by atoms with E-state index in [0.29, 0.717) is 18.4 Å². The van der Waals surface area contributed by atoms with Crippen LogP contribution in [0, 0.1) is 5.92 Å². The first-order valence-corrected chi connectivity index (χ1v) is 5.84. The molecule has 2 fully saturated rings. The minimum absolute atomic E-state index is 0.298. The lowest BCUT2D eigenvalue weighted by Crippen LogP contribution is -2.39. The molecule has 1 unspecified atom stereocenters. The molecule has 2 aliphatic heterocycles. The van der Waals surface area contributed by atoms with Crippen molar-refractivity contribution in [1.82, 2.24) is 4.90 Å². The summed E-state index contributed by atoms with van der Waals surface area (Å²) in [6, 6.07) is 0.323. The molecule has 1 aliphatic carbocycles. The van der Waals surface area contributed by atoms with E-state index >= 15 is 0 Å². The Kier molecular flexibility index (Phi) is 1.65. The van der Waals surface area contributed by atoms with E-state index in [2.05, 4.69) is 4.99 Å². The molecule has 3 nitrogen and oxygen atoms in total. The molecule has 0 radical (unpaired) electrons. The fourth-order valence-corrected chi connectivity index (χ4v) is 2.99. The minimum Gasteiger partial charge on any atom is -0.291 e. The highest BCUT2D eigenvalue weighted by Crippen LogP contribution is 2.39. The van der Waals surface area contributed by atoms with E-state index in [4.69, 9.17) is 0 Å². The Labute approximate surface area is 81.6 Å². The molecule has 13 heavy (non-hydrogen) atoms. The zero-order chi connectivity index (χ0) is 8.84.